The lowest BCUT2D eigenvalue weighted by atomic mass is 10.0. The fourth-order valence-corrected chi connectivity index (χ4v) is 3.67. The quantitative estimate of drug-likeness (QED) is 0.734. The van der Waals surface area contributed by atoms with Crippen LogP contribution in [0, 0.1) is 0 Å². The van der Waals surface area contributed by atoms with E-state index >= 15 is 0 Å². The zero-order chi connectivity index (χ0) is 10.9. The standard InChI is InChI=1S/C11H20N2OS/c1-11(5-2-8-15-11)10(14)13-6-3-9(12)4-7-13/h9H,2-8,12H2,1H3. The summed E-state index contributed by atoms with van der Waals surface area (Å²) in [6.07, 6.45) is 4.15. The summed E-state index contributed by atoms with van der Waals surface area (Å²) in [6.45, 7) is 3.81. The fourth-order valence-electron chi connectivity index (χ4n) is 2.38. The van der Waals surface area contributed by atoms with Gasteiger partial charge in [0, 0.05) is 19.1 Å². The number of hydrogen-bond donors (Lipinski definition) is 1. The second-order valence-corrected chi connectivity index (χ2v) is 6.41. The number of thioether (sulfide) groups is 1. The summed E-state index contributed by atoms with van der Waals surface area (Å²) in [6, 6.07) is 0.304. The maximum atomic E-state index is 12.3. The number of carbonyl (C=O) groups excluding carboxylic acids is 1. The zero-order valence-electron chi connectivity index (χ0n) is 9.37. The van der Waals surface area contributed by atoms with Crippen molar-refractivity contribution >= 4 is 17.7 Å². The number of rotatable bonds is 1. The van der Waals surface area contributed by atoms with Crippen LogP contribution in [0.2, 0.25) is 0 Å². The molecule has 2 N–H and O–H groups in total. The number of piperidine rings is 1. The van der Waals surface area contributed by atoms with Crippen LogP contribution in [-0.2, 0) is 4.79 Å². The highest BCUT2D eigenvalue weighted by Crippen LogP contribution is 2.39. The van der Waals surface area contributed by atoms with Gasteiger partial charge in [0.2, 0.25) is 5.91 Å². The molecule has 1 amide bonds. The van der Waals surface area contributed by atoms with Crippen molar-refractivity contribution in [2.75, 3.05) is 18.8 Å². The monoisotopic (exact) mass is 228 g/mol. The Kier molecular flexibility index (Phi) is 3.26. The Hall–Kier alpha value is -0.220. The van der Waals surface area contributed by atoms with Crippen LogP contribution in [0.4, 0.5) is 0 Å². The third kappa shape index (κ3) is 2.31. The lowest BCUT2D eigenvalue weighted by Crippen LogP contribution is -2.49. The Labute approximate surface area is 95.8 Å². The SMILES string of the molecule is CC1(C(=O)N2CCC(N)CC2)CCCS1. The number of nitrogens with zero attached hydrogens (tertiary/aromatic N) is 1. The van der Waals surface area contributed by atoms with E-state index in [1.54, 1.807) is 0 Å². The largest absolute Gasteiger partial charge is 0.341 e. The van der Waals surface area contributed by atoms with Crippen LogP contribution in [0.15, 0.2) is 0 Å². The van der Waals surface area contributed by atoms with Gasteiger partial charge < -0.3 is 10.6 Å². The van der Waals surface area contributed by atoms with Crippen molar-refractivity contribution in [2.45, 2.75) is 43.4 Å². The molecule has 2 rings (SSSR count). The maximum absolute atomic E-state index is 12.3. The Morgan fingerprint density at radius 1 is 1.47 bits per heavy atom. The van der Waals surface area contributed by atoms with Gasteiger partial charge >= 0.3 is 0 Å². The molecule has 1 unspecified atom stereocenters. The lowest BCUT2D eigenvalue weighted by Gasteiger charge is -2.35. The molecule has 2 aliphatic rings. The minimum atomic E-state index is -0.137. The number of amides is 1. The first kappa shape index (κ1) is 11.3. The van der Waals surface area contributed by atoms with Crippen molar-refractivity contribution in [1.29, 1.82) is 0 Å². The predicted octanol–water partition coefficient (Wildman–Crippen LogP) is 1.22. The van der Waals surface area contributed by atoms with Crippen LogP contribution in [0.1, 0.15) is 32.6 Å². The normalized spacial score (nSPS) is 33.3. The third-order valence-electron chi connectivity index (χ3n) is 3.50. The summed E-state index contributed by atoms with van der Waals surface area (Å²) < 4.78 is -0.137. The number of carbonyl (C=O) groups is 1. The molecule has 2 aliphatic heterocycles. The van der Waals surface area contributed by atoms with Crippen LogP contribution < -0.4 is 5.73 Å². The van der Waals surface area contributed by atoms with Gasteiger partial charge in [-0.15, -0.1) is 11.8 Å². The summed E-state index contributed by atoms with van der Waals surface area (Å²) in [5.74, 6) is 1.48. The smallest absolute Gasteiger partial charge is 0.238 e. The first-order chi connectivity index (χ1) is 7.12. The first-order valence-electron chi connectivity index (χ1n) is 5.81. The highest BCUT2D eigenvalue weighted by atomic mass is 32.2. The van der Waals surface area contributed by atoms with E-state index in [4.69, 9.17) is 5.73 Å². The van der Waals surface area contributed by atoms with E-state index in [0.717, 1.165) is 38.1 Å². The van der Waals surface area contributed by atoms with Crippen molar-refractivity contribution < 1.29 is 4.79 Å². The Balaban J connectivity index is 1.95. The molecule has 0 bridgehead atoms. The van der Waals surface area contributed by atoms with E-state index in [9.17, 15) is 4.79 Å². The topological polar surface area (TPSA) is 46.3 Å². The van der Waals surface area contributed by atoms with E-state index < -0.39 is 0 Å². The van der Waals surface area contributed by atoms with Crippen LogP contribution in [0.25, 0.3) is 0 Å². The zero-order valence-corrected chi connectivity index (χ0v) is 10.2. The van der Waals surface area contributed by atoms with Gasteiger partial charge in [-0.1, -0.05) is 0 Å². The van der Waals surface area contributed by atoms with Gasteiger partial charge in [-0.05, 0) is 38.4 Å². The van der Waals surface area contributed by atoms with Gasteiger partial charge in [0.05, 0.1) is 4.75 Å². The highest BCUT2D eigenvalue weighted by molar-refractivity contribution is 8.01. The maximum Gasteiger partial charge on any atom is 0.238 e. The molecule has 0 spiro atoms. The number of nitrogens with two attached hydrogens (primary N) is 1. The second-order valence-electron chi connectivity index (χ2n) is 4.81. The molecule has 2 fully saturated rings. The molecule has 2 heterocycles. The van der Waals surface area contributed by atoms with Crippen LogP contribution in [0.5, 0.6) is 0 Å². The molecule has 3 nitrogen and oxygen atoms in total. The van der Waals surface area contributed by atoms with Crippen molar-refractivity contribution in [3.8, 4) is 0 Å². The van der Waals surface area contributed by atoms with Crippen molar-refractivity contribution in [1.82, 2.24) is 4.90 Å². The van der Waals surface area contributed by atoms with Gasteiger partial charge in [0.25, 0.3) is 0 Å². The van der Waals surface area contributed by atoms with E-state index in [-0.39, 0.29) is 4.75 Å². The van der Waals surface area contributed by atoms with Gasteiger partial charge in [0.15, 0.2) is 0 Å². The molecule has 0 aromatic carbocycles. The molecule has 0 aliphatic carbocycles. The Morgan fingerprint density at radius 3 is 2.67 bits per heavy atom. The summed E-state index contributed by atoms with van der Waals surface area (Å²) in [5.41, 5.74) is 5.84. The predicted molar refractivity (Wildman–Crippen MR) is 63.9 cm³/mol. The van der Waals surface area contributed by atoms with Gasteiger partial charge in [0.1, 0.15) is 0 Å². The third-order valence-corrected chi connectivity index (χ3v) is 5.01. The Morgan fingerprint density at radius 2 is 2.13 bits per heavy atom. The average molecular weight is 228 g/mol. The van der Waals surface area contributed by atoms with Crippen molar-refractivity contribution in [2.24, 2.45) is 5.73 Å². The van der Waals surface area contributed by atoms with Crippen LogP contribution in [0.3, 0.4) is 0 Å². The molecule has 0 radical (unpaired) electrons. The van der Waals surface area contributed by atoms with E-state index in [0.29, 0.717) is 11.9 Å². The van der Waals surface area contributed by atoms with E-state index in [2.05, 4.69) is 6.92 Å². The minimum Gasteiger partial charge on any atom is -0.341 e. The molecule has 0 saturated carbocycles. The molecular weight excluding hydrogens is 208 g/mol. The number of hydrogen-bond acceptors (Lipinski definition) is 3. The number of likely N-dealkylation sites (tertiary alicyclic amines) is 1. The average Bonchev–Trinajstić information content (AvgIpc) is 2.67. The molecule has 86 valence electrons. The Bertz CT molecular complexity index is 243. The molecule has 0 aromatic rings. The second kappa shape index (κ2) is 4.34. The van der Waals surface area contributed by atoms with Gasteiger partial charge in [-0.2, -0.15) is 0 Å². The van der Waals surface area contributed by atoms with E-state index in [1.807, 2.05) is 16.7 Å². The van der Waals surface area contributed by atoms with E-state index in [1.165, 1.54) is 6.42 Å². The van der Waals surface area contributed by atoms with Gasteiger partial charge in [-0.3, -0.25) is 4.79 Å². The molecule has 0 aromatic heterocycles. The molecule has 15 heavy (non-hydrogen) atoms. The van der Waals surface area contributed by atoms with Crippen LogP contribution in [-0.4, -0.2) is 40.4 Å². The summed E-state index contributed by atoms with van der Waals surface area (Å²) in [7, 11) is 0. The summed E-state index contributed by atoms with van der Waals surface area (Å²) in [5, 5.41) is 0. The molecule has 4 heteroatoms. The summed E-state index contributed by atoms with van der Waals surface area (Å²) in [4.78, 5) is 14.3. The molecular formula is C11H20N2OS. The molecule has 2 saturated heterocycles. The van der Waals surface area contributed by atoms with Crippen LogP contribution >= 0.6 is 11.8 Å². The highest BCUT2D eigenvalue weighted by Gasteiger charge is 2.40. The van der Waals surface area contributed by atoms with Crippen molar-refractivity contribution in [3.05, 3.63) is 0 Å². The molecule has 1 atom stereocenters. The lowest BCUT2D eigenvalue weighted by molar-refractivity contribution is -0.134. The fraction of sp³-hybridized carbons (Fsp3) is 0.909. The first-order valence-corrected chi connectivity index (χ1v) is 6.79. The van der Waals surface area contributed by atoms with Crippen molar-refractivity contribution in [3.63, 3.8) is 0 Å². The summed E-state index contributed by atoms with van der Waals surface area (Å²) >= 11 is 1.82. The minimum absolute atomic E-state index is 0.137. The van der Waals surface area contributed by atoms with Gasteiger partial charge in [-0.25, -0.2) is 0 Å².